The Bertz CT molecular complexity index is 580. The van der Waals surface area contributed by atoms with Gasteiger partial charge in [-0.1, -0.05) is 18.6 Å². The van der Waals surface area contributed by atoms with Crippen LogP contribution < -0.4 is 5.32 Å². The summed E-state index contributed by atoms with van der Waals surface area (Å²) in [6, 6.07) is 6.67. The highest BCUT2D eigenvalue weighted by molar-refractivity contribution is 5.75. The molecule has 4 atom stereocenters. The fourth-order valence-corrected chi connectivity index (χ4v) is 4.50. The number of carbonyl (C=O) groups is 1. The molecule has 3 fully saturated rings. The molecule has 0 bridgehead atoms. The first kappa shape index (κ1) is 15.9. The number of urea groups is 1. The third kappa shape index (κ3) is 3.27. The minimum Gasteiger partial charge on any atom is -0.373 e. The van der Waals surface area contributed by atoms with Gasteiger partial charge in [0.2, 0.25) is 0 Å². The molecule has 130 valence electrons. The molecule has 3 aliphatic rings. The number of nitrogens with zero attached hydrogens (tertiary/aromatic N) is 1. The Morgan fingerprint density at radius 1 is 1.12 bits per heavy atom. The predicted molar refractivity (Wildman–Crippen MR) is 89.1 cm³/mol. The molecule has 2 amide bonds. The zero-order valence-electron chi connectivity index (χ0n) is 13.9. The number of amides is 2. The lowest BCUT2D eigenvalue weighted by Crippen LogP contribution is -2.46. The van der Waals surface area contributed by atoms with Crippen molar-refractivity contribution < 1.29 is 13.9 Å². The molecule has 5 heteroatoms. The van der Waals surface area contributed by atoms with Gasteiger partial charge in [0.25, 0.3) is 0 Å². The van der Waals surface area contributed by atoms with Crippen molar-refractivity contribution in [1.82, 2.24) is 10.2 Å². The molecular formula is C19H25FN2O2. The standard InChI is InChI=1S/C19H25FN2O2/c20-16-6-4-13(5-7-16)18-10-17(8-9-24-18)21-19(23)22-11-14-2-1-3-15(14)12-22/h4-7,14-15,17-18H,1-3,8-12H2,(H,21,23). The summed E-state index contributed by atoms with van der Waals surface area (Å²) >= 11 is 0. The monoisotopic (exact) mass is 332 g/mol. The number of rotatable bonds is 2. The maximum absolute atomic E-state index is 13.1. The van der Waals surface area contributed by atoms with Crippen molar-refractivity contribution in [3.63, 3.8) is 0 Å². The molecule has 0 aromatic heterocycles. The predicted octanol–water partition coefficient (Wildman–Crippen LogP) is 3.49. The summed E-state index contributed by atoms with van der Waals surface area (Å²) in [5.41, 5.74) is 0.978. The molecule has 2 saturated heterocycles. The van der Waals surface area contributed by atoms with Gasteiger partial charge >= 0.3 is 6.03 Å². The molecule has 1 aromatic carbocycles. The maximum Gasteiger partial charge on any atom is 0.317 e. The van der Waals surface area contributed by atoms with Crippen LogP contribution >= 0.6 is 0 Å². The number of hydrogen-bond acceptors (Lipinski definition) is 2. The molecule has 1 aromatic rings. The van der Waals surface area contributed by atoms with Gasteiger partial charge in [-0.2, -0.15) is 0 Å². The van der Waals surface area contributed by atoms with E-state index in [1.807, 2.05) is 4.90 Å². The lowest BCUT2D eigenvalue weighted by molar-refractivity contribution is 0.00154. The number of nitrogens with one attached hydrogen (secondary N) is 1. The van der Waals surface area contributed by atoms with E-state index in [1.54, 1.807) is 12.1 Å². The number of carbonyl (C=O) groups excluding carboxylic acids is 1. The zero-order chi connectivity index (χ0) is 16.5. The highest BCUT2D eigenvalue weighted by Gasteiger charge is 2.38. The Morgan fingerprint density at radius 2 is 1.83 bits per heavy atom. The van der Waals surface area contributed by atoms with Crippen LogP contribution in [0.3, 0.4) is 0 Å². The number of ether oxygens (including phenoxy) is 1. The van der Waals surface area contributed by atoms with Gasteiger partial charge < -0.3 is 15.0 Å². The molecule has 1 N–H and O–H groups in total. The molecule has 4 rings (SSSR count). The Labute approximate surface area is 142 Å². The smallest absolute Gasteiger partial charge is 0.317 e. The van der Waals surface area contributed by atoms with Crippen LogP contribution in [0.1, 0.15) is 43.8 Å². The van der Waals surface area contributed by atoms with Crippen LogP contribution in [0.5, 0.6) is 0 Å². The molecule has 1 aliphatic carbocycles. The molecule has 24 heavy (non-hydrogen) atoms. The third-order valence-corrected chi connectivity index (χ3v) is 5.87. The van der Waals surface area contributed by atoms with E-state index in [-0.39, 0.29) is 24.0 Å². The van der Waals surface area contributed by atoms with E-state index < -0.39 is 0 Å². The summed E-state index contributed by atoms with van der Waals surface area (Å²) in [5.74, 6) is 1.20. The van der Waals surface area contributed by atoms with Gasteiger partial charge in [-0.3, -0.25) is 0 Å². The number of likely N-dealkylation sites (tertiary alicyclic amines) is 1. The van der Waals surface area contributed by atoms with Gasteiger partial charge in [-0.05, 0) is 55.2 Å². The van der Waals surface area contributed by atoms with Crippen molar-refractivity contribution in [2.45, 2.75) is 44.2 Å². The molecule has 0 radical (unpaired) electrons. The van der Waals surface area contributed by atoms with Crippen LogP contribution in [0, 0.1) is 17.7 Å². The largest absolute Gasteiger partial charge is 0.373 e. The van der Waals surface area contributed by atoms with Crippen LogP contribution in [0.4, 0.5) is 9.18 Å². The zero-order valence-corrected chi connectivity index (χ0v) is 13.9. The first-order valence-corrected chi connectivity index (χ1v) is 9.11. The van der Waals surface area contributed by atoms with E-state index in [9.17, 15) is 9.18 Å². The fraction of sp³-hybridized carbons (Fsp3) is 0.632. The van der Waals surface area contributed by atoms with Crippen LogP contribution in [0.15, 0.2) is 24.3 Å². The summed E-state index contributed by atoms with van der Waals surface area (Å²) in [5, 5.41) is 3.19. The number of benzene rings is 1. The Morgan fingerprint density at radius 3 is 2.54 bits per heavy atom. The topological polar surface area (TPSA) is 41.6 Å². The minimum atomic E-state index is -0.237. The lowest BCUT2D eigenvalue weighted by Gasteiger charge is -2.31. The minimum absolute atomic E-state index is 0.0670. The summed E-state index contributed by atoms with van der Waals surface area (Å²) in [4.78, 5) is 14.6. The van der Waals surface area contributed by atoms with Gasteiger partial charge in [-0.25, -0.2) is 9.18 Å². The summed E-state index contributed by atoms with van der Waals surface area (Å²) in [6.07, 6.45) is 5.39. The van der Waals surface area contributed by atoms with E-state index in [4.69, 9.17) is 4.74 Å². The number of fused-ring (bicyclic) bond motifs is 1. The Kier molecular flexibility index (Phi) is 4.44. The Balaban J connectivity index is 1.33. The molecule has 2 aliphatic heterocycles. The van der Waals surface area contributed by atoms with Gasteiger partial charge in [0.1, 0.15) is 5.82 Å². The lowest BCUT2D eigenvalue weighted by atomic mass is 9.97. The molecule has 2 heterocycles. The van der Waals surface area contributed by atoms with Gasteiger partial charge in [-0.15, -0.1) is 0 Å². The highest BCUT2D eigenvalue weighted by atomic mass is 19.1. The SMILES string of the molecule is O=C(NC1CCOC(c2ccc(F)cc2)C1)N1CC2CCCC2C1. The van der Waals surface area contributed by atoms with E-state index >= 15 is 0 Å². The quantitative estimate of drug-likeness (QED) is 0.901. The third-order valence-electron chi connectivity index (χ3n) is 5.87. The van der Waals surface area contributed by atoms with Crippen LogP contribution in [0.2, 0.25) is 0 Å². The number of hydrogen-bond donors (Lipinski definition) is 1. The summed E-state index contributed by atoms with van der Waals surface area (Å²) in [7, 11) is 0. The van der Waals surface area contributed by atoms with Crippen molar-refractivity contribution in [1.29, 1.82) is 0 Å². The van der Waals surface area contributed by atoms with Crippen molar-refractivity contribution in [2.75, 3.05) is 19.7 Å². The highest BCUT2D eigenvalue weighted by Crippen LogP contribution is 2.37. The summed E-state index contributed by atoms with van der Waals surface area (Å²) < 4.78 is 18.9. The van der Waals surface area contributed by atoms with Gasteiger partial charge in [0, 0.05) is 25.7 Å². The molecule has 1 saturated carbocycles. The molecule has 4 nitrogen and oxygen atoms in total. The van der Waals surface area contributed by atoms with Crippen LogP contribution in [-0.4, -0.2) is 36.7 Å². The van der Waals surface area contributed by atoms with Gasteiger partial charge in [0.05, 0.1) is 6.10 Å². The average molecular weight is 332 g/mol. The second kappa shape index (κ2) is 6.71. The molecular weight excluding hydrogens is 307 g/mol. The molecule has 4 unspecified atom stereocenters. The first-order valence-electron chi connectivity index (χ1n) is 9.11. The van der Waals surface area contributed by atoms with E-state index in [2.05, 4.69) is 5.32 Å². The van der Waals surface area contributed by atoms with E-state index in [1.165, 1.54) is 31.4 Å². The van der Waals surface area contributed by atoms with Crippen molar-refractivity contribution in [2.24, 2.45) is 11.8 Å². The second-order valence-electron chi connectivity index (χ2n) is 7.44. The van der Waals surface area contributed by atoms with E-state index in [0.29, 0.717) is 6.61 Å². The number of halogens is 1. The maximum atomic E-state index is 13.1. The molecule has 0 spiro atoms. The summed E-state index contributed by atoms with van der Waals surface area (Å²) in [6.45, 7) is 2.46. The average Bonchev–Trinajstić information content (AvgIpc) is 3.17. The fourth-order valence-electron chi connectivity index (χ4n) is 4.50. The Hall–Kier alpha value is -1.62. The van der Waals surface area contributed by atoms with Crippen molar-refractivity contribution >= 4 is 6.03 Å². The normalized spacial score (nSPS) is 32.6. The van der Waals surface area contributed by atoms with Crippen molar-refractivity contribution in [3.8, 4) is 0 Å². The second-order valence-corrected chi connectivity index (χ2v) is 7.44. The van der Waals surface area contributed by atoms with Crippen molar-refractivity contribution in [3.05, 3.63) is 35.6 Å². The van der Waals surface area contributed by atoms with Crippen LogP contribution in [-0.2, 0) is 4.74 Å². The van der Waals surface area contributed by atoms with Gasteiger partial charge in [0.15, 0.2) is 0 Å². The van der Waals surface area contributed by atoms with E-state index in [0.717, 1.165) is 43.3 Å². The first-order chi connectivity index (χ1) is 11.7. The van der Waals surface area contributed by atoms with Crippen LogP contribution in [0.25, 0.3) is 0 Å².